The maximum atomic E-state index is 12.9. The molecule has 1 heterocycles. The van der Waals surface area contributed by atoms with E-state index >= 15 is 0 Å². The van der Waals surface area contributed by atoms with Gasteiger partial charge in [-0.15, -0.1) is 6.58 Å². The maximum Gasteiger partial charge on any atom is 0.316 e. The Morgan fingerprint density at radius 2 is 2.04 bits per heavy atom. The van der Waals surface area contributed by atoms with E-state index in [0.717, 1.165) is 32.1 Å². The third-order valence-electron chi connectivity index (χ3n) is 8.02. The number of fused-ring (bicyclic) bond motifs is 2. The highest BCUT2D eigenvalue weighted by atomic mass is 16.6. The second-order valence-corrected chi connectivity index (χ2v) is 9.64. The van der Waals surface area contributed by atoms with Crippen LogP contribution < -0.4 is 0 Å². The third-order valence-corrected chi connectivity index (χ3v) is 8.02. The second kappa shape index (κ2) is 5.46. The van der Waals surface area contributed by atoms with Crippen LogP contribution in [0.4, 0.5) is 0 Å². The molecule has 3 aliphatic carbocycles. The standard InChI is InChI=1S/C22H30O4/c1-6-20(3)9-7-15-14(12-20)11-16-18-21(15,4)10-8-17(25-13(2)23)22(18,5)19(24)26-16/h6,11,15-18H,1,7-10,12H2,2-5H3/t15-,16-,17+,18-,20-,21-,22+/m1/s1. The van der Waals surface area contributed by atoms with Gasteiger partial charge >= 0.3 is 11.9 Å². The SMILES string of the molecule is C=C[C@]1(C)CC[C@@H]2C(=C[C@H]3OC(=O)[C@@]4(C)[C@@H](OC(C)=O)CC[C@@]2(C)[C@@H]34)C1. The predicted octanol–water partition coefficient (Wildman–Crippen LogP) is 4.20. The smallest absolute Gasteiger partial charge is 0.316 e. The number of carbonyl (C=O) groups is 2. The molecule has 4 rings (SSSR count). The van der Waals surface area contributed by atoms with Crippen molar-refractivity contribution in [2.75, 3.05) is 0 Å². The van der Waals surface area contributed by atoms with Gasteiger partial charge in [0, 0.05) is 12.8 Å². The van der Waals surface area contributed by atoms with E-state index in [1.54, 1.807) is 0 Å². The minimum absolute atomic E-state index is 0.00874. The molecule has 0 radical (unpaired) electrons. The monoisotopic (exact) mass is 358 g/mol. The van der Waals surface area contributed by atoms with E-state index in [2.05, 4.69) is 32.6 Å². The van der Waals surface area contributed by atoms with Crippen LogP contribution in [0.25, 0.3) is 0 Å². The highest BCUT2D eigenvalue weighted by Gasteiger charge is 2.70. The van der Waals surface area contributed by atoms with Crippen molar-refractivity contribution in [3.8, 4) is 0 Å². The fraction of sp³-hybridized carbons (Fsp3) is 0.727. The number of hydrogen-bond acceptors (Lipinski definition) is 4. The Hall–Kier alpha value is -1.58. The summed E-state index contributed by atoms with van der Waals surface area (Å²) in [5.41, 5.74) is 0.830. The van der Waals surface area contributed by atoms with Gasteiger partial charge in [-0.3, -0.25) is 9.59 Å². The summed E-state index contributed by atoms with van der Waals surface area (Å²) < 4.78 is 11.5. The van der Waals surface area contributed by atoms with Gasteiger partial charge in [-0.2, -0.15) is 0 Å². The molecule has 4 heteroatoms. The number of rotatable bonds is 2. The van der Waals surface area contributed by atoms with Crippen molar-refractivity contribution in [1.82, 2.24) is 0 Å². The first-order valence-corrected chi connectivity index (χ1v) is 9.86. The van der Waals surface area contributed by atoms with E-state index in [0.29, 0.717) is 5.92 Å². The van der Waals surface area contributed by atoms with Crippen LogP contribution in [0.15, 0.2) is 24.3 Å². The molecular formula is C22H30O4. The van der Waals surface area contributed by atoms with Crippen molar-refractivity contribution in [3.05, 3.63) is 24.3 Å². The van der Waals surface area contributed by atoms with Crippen molar-refractivity contribution in [1.29, 1.82) is 0 Å². The van der Waals surface area contributed by atoms with Gasteiger partial charge in [-0.1, -0.05) is 25.5 Å². The van der Waals surface area contributed by atoms with E-state index in [1.807, 2.05) is 6.92 Å². The Kier molecular flexibility index (Phi) is 3.74. The summed E-state index contributed by atoms with van der Waals surface area (Å²) in [5.74, 6) is 0.0282. The topological polar surface area (TPSA) is 52.6 Å². The maximum absolute atomic E-state index is 12.9. The summed E-state index contributed by atoms with van der Waals surface area (Å²) in [7, 11) is 0. The van der Waals surface area contributed by atoms with Crippen LogP contribution in [0.1, 0.15) is 59.8 Å². The minimum atomic E-state index is -0.745. The summed E-state index contributed by atoms with van der Waals surface area (Å²) in [6, 6.07) is 0. The predicted molar refractivity (Wildman–Crippen MR) is 98.1 cm³/mol. The van der Waals surface area contributed by atoms with Crippen molar-refractivity contribution in [2.24, 2.45) is 28.1 Å². The number of esters is 2. The molecule has 0 aromatic carbocycles. The van der Waals surface area contributed by atoms with Gasteiger partial charge in [0.2, 0.25) is 0 Å². The van der Waals surface area contributed by atoms with Gasteiger partial charge in [0.1, 0.15) is 17.6 Å². The lowest BCUT2D eigenvalue weighted by atomic mass is 9.45. The molecule has 0 amide bonds. The Morgan fingerprint density at radius 1 is 1.31 bits per heavy atom. The Labute approximate surface area is 156 Å². The summed E-state index contributed by atoms with van der Waals surface area (Å²) in [4.78, 5) is 24.6. The normalized spacial score (nSPS) is 49.4. The zero-order valence-corrected chi connectivity index (χ0v) is 16.3. The molecule has 4 nitrogen and oxygen atoms in total. The van der Waals surface area contributed by atoms with Gasteiger partial charge in [0.15, 0.2) is 0 Å². The lowest BCUT2D eigenvalue weighted by Gasteiger charge is -2.58. The van der Waals surface area contributed by atoms with Gasteiger partial charge in [-0.25, -0.2) is 0 Å². The Bertz CT molecular complexity index is 709. The molecule has 0 aromatic heterocycles. The fourth-order valence-corrected chi connectivity index (χ4v) is 6.63. The van der Waals surface area contributed by atoms with Crippen LogP contribution in [0.2, 0.25) is 0 Å². The first-order chi connectivity index (χ1) is 12.1. The molecule has 0 spiro atoms. The van der Waals surface area contributed by atoms with Gasteiger partial charge in [-0.05, 0) is 61.9 Å². The lowest BCUT2D eigenvalue weighted by Crippen LogP contribution is -2.59. The highest BCUT2D eigenvalue weighted by molar-refractivity contribution is 5.82. The zero-order chi connectivity index (χ0) is 18.9. The Balaban J connectivity index is 1.77. The van der Waals surface area contributed by atoms with Gasteiger partial charge in [0.25, 0.3) is 0 Å². The molecule has 4 aliphatic rings. The molecule has 0 N–H and O–H groups in total. The molecular weight excluding hydrogens is 328 g/mol. The fourth-order valence-electron chi connectivity index (χ4n) is 6.63. The van der Waals surface area contributed by atoms with Crippen molar-refractivity contribution < 1.29 is 19.1 Å². The Morgan fingerprint density at radius 3 is 2.69 bits per heavy atom. The summed E-state index contributed by atoms with van der Waals surface area (Å²) in [5, 5.41) is 0. The van der Waals surface area contributed by atoms with Gasteiger partial charge < -0.3 is 9.47 Å². The average Bonchev–Trinajstić information content (AvgIpc) is 2.83. The van der Waals surface area contributed by atoms with Crippen LogP contribution in [0.5, 0.6) is 0 Å². The molecule has 26 heavy (non-hydrogen) atoms. The third kappa shape index (κ3) is 2.20. The van der Waals surface area contributed by atoms with Crippen LogP contribution in [0, 0.1) is 28.1 Å². The minimum Gasteiger partial charge on any atom is -0.461 e. The molecule has 0 bridgehead atoms. The van der Waals surface area contributed by atoms with E-state index in [1.165, 1.54) is 12.5 Å². The first-order valence-electron chi connectivity index (χ1n) is 9.86. The van der Waals surface area contributed by atoms with Crippen LogP contribution in [-0.4, -0.2) is 24.1 Å². The van der Waals surface area contributed by atoms with Crippen LogP contribution in [-0.2, 0) is 19.1 Å². The molecule has 0 unspecified atom stereocenters. The number of allylic oxidation sites excluding steroid dienone is 2. The van der Waals surface area contributed by atoms with E-state index < -0.39 is 5.41 Å². The zero-order valence-electron chi connectivity index (χ0n) is 16.3. The molecule has 1 aliphatic heterocycles. The quantitative estimate of drug-likeness (QED) is 0.548. The number of carbonyl (C=O) groups excluding carboxylic acids is 2. The van der Waals surface area contributed by atoms with Crippen LogP contribution >= 0.6 is 0 Å². The second-order valence-electron chi connectivity index (χ2n) is 9.64. The van der Waals surface area contributed by atoms with E-state index in [9.17, 15) is 9.59 Å². The van der Waals surface area contributed by atoms with Crippen molar-refractivity contribution in [3.63, 3.8) is 0 Å². The molecule has 2 saturated carbocycles. The van der Waals surface area contributed by atoms with Gasteiger partial charge in [0.05, 0.1) is 0 Å². The first kappa shape index (κ1) is 17.8. The van der Waals surface area contributed by atoms with E-state index in [4.69, 9.17) is 9.47 Å². The molecule has 7 atom stereocenters. The summed E-state index contributed by atoms with van der Waals surface area (Å²) in [6.45, 7) is 12.0. The molecule has 3 fully saturated rings. The van der Waals surface area contributed by atoms with E-state index in [-0.39, 0.29) is 40.9 Å². The number of ether oxygens (including phenoxy) is 2. The highest BCUT2D eigenvalue weighted by Crippen LogP contribution is 2.67. The van der Waals surface area contributed by atoms with Crippen LogP contribution in [0.3, 0.4) is 0 Å². The lowest BCUT2D eigenvalue weighted by molar-refractivity contribution is -0.176. The largest absolute Gasteiger partial charge is 0.461 e. The van der Waals surface area contributed by atoms with Crippen molar-refractivity contribution >= 4 is 11.9 Å². The molecule has 0 aromatic rings. The average molecular weight is 358 g/mol. The molecule has 1 saturated heterocycles. The summed E-state index contributed by atoms with van der Waals surface area (Å²) >= 11 is 0. The van der Waals surface area contributed by atoms with Crippen molar-refractivity contribution in [2.45, 2.75) is 72.0 Å². The number of hydrogen-bond donors (Lipinski definition) is 0. The molecule has 142 valence electrons. The summed E-state index contributed by atoms with van der Waals surface area (Å²) in [6.07, 6.45) is 8.67.